The third kappa shape index (κ3) is 11.5. The first kappa shape index (κ1) is 41.3. The summed E-state index contributed by atoms with van der Waals surface area (Å²) < 4.78 is 29.9. The first-order valence-electron chi connectivity index (χ1n) is 17.8. The van der Waals surface area contributed by atoms with E-state index in [1.807, 2.05) is 39.8 Å². The summed E-state index contributed by atoms with van der Waals surface area (Å²) in [4.78, 5) is 77.9. The minimum absolute atomic E-state index is 0.0202. The van der Waals surface area contributed by atoms with Crippen molar-refractivity contribution in [2.75, 3.05) is 26.4 Å². The van der Waals surface area contributed by atoms with E-state index in [4.69, 9.17) is 23.4 Å². The second kappa shape index (κ2) is 19.1. The Morgan fingerprint density at radius 3 is 1.75 bits per heavy atom. The van der Waals surface area contributed by atoms with E-state index in [-0.39, 0.29) is 77.4 Å². The van der Waals surface area contributed by atoms with Gasteiger partial charge in [-0.3, -0.25) is 19.2 Å². The van der Waals surface area contributed by atoms with Gasteiger partial charge >= 0.3 is 11.9 Å². The zero-order valence-corrected chi connectivity index (χ0v) is 31.7. The summed E-state index contributed by atoms with van der Waals surface area (Å²) in [5.41, 5.74) is 2.42. The molecule has 1 amide bonds. The van der Waals surface area contributed by atoms with Crippen LogP contribution in [0, 0.1) is 5.92 Å². The van der Waals surface area contributed by atoms with Gasteiger partial charge in [0, 0.05) is 67.3 Å². The quantitative estimate of drug-likeness (QED) is 0.0506. The number of aromatic nitrogens is 4. The van der Waals surface area contributed by atoms with Crippen LogP contribution in [0.15, 0.2) is 81.8 Å². The maximum Gasteiger partial charge on any atom is 0.326 e. The van der Waals surface area contributed by atoms with Gasteiger partial charge in [0.15, 0.2) is 12.4 Å². The number of aliphatic carboxylic acids is 2. The number of carbonyl (C=O) groups excluding carboxylic acids is 2. The number of aromatic amines is 2. The largest absolute Gasteiger partial charge is 0.489 e. The van der Waals surface area contributed by atoms with Crippen LogP contribution in [0.5, 0.6) is 23.0 Å². The number of carbonyl (C=O) groups is 4. The van der Waals surface area contributed by atoms with Gasteiger partial charge in [-0.15, -0.1) is 0 Å². The fraction of sp³-hybridized carbons (Fsp3) is 0.325. The van der Waals surface area contributed by atoms with Crippen LogP contribution < -0.4 is 29.7 Å². The molecule has 2 atom stereocenters. The lowest BCUT2D eigenvalue weighted by Crippen LogP contribution is -2.44. The van der Waals surface area contributed by atoms with Crippen molar-refractivity contribution in [2.24, 2.45) is 5.92 Å². The number of carboxylic acid groups (broad SMARTS) is 2. The second-order valence-corrected chi connectivity index (χ2v) is 13.6. The molecule has 5 aromatic rings. The molecule has 0 aliphatic carbocycles. The van der Waals surface area contributed by atoms with Crippen molar-refractivity contribution in [3.63, 3.8) is 0 Å². The topological polar surface area (TPSA) is 245 Å². The zero-order valence-electron chi connectivity index (χ0n) is 31.7. The van der Waals surface area contributed by atoms with Crippen molar-refractivity contribution in [1.82, 2.24) is 25.3 Å². The van der Waals surface area contributed by atoms with Crippen LogP contribution in [0.3, 0.4) is 0 Å². The van der Waals surface area contributed by atoms with Crippen LogP contribution >= 0.6 is 0 Å². The van der Waals surface area contributed by atoms with Crippen LogP contribution in [0.2, 0.25) is 0 Å². The van der Waals surface area contributed by atoms with Gasteiger partial charge < -0.3 is 48.9 Å². The molecule has 0 fully saturated rings. The molecule has 0 saturated carbocycles. The number of benzene rings is 2. The van der Waals surface area contributed by atoms with Crippen LogP contribution in [0.25, 0.3) is 21.9 Å². The fourth-order valence-corrected chi connectivity index (χ4v) is 5.58. The molecule has 3 heterocycles. The van der Waals surface area contributed by atoms with Crippen molar-refractivity contribution >= 4 is 45.6 Å². The Balaban J connectivity index is 1.51. The van der Waals surface area contributed by atoms with E-state index in [0.29, 0.717) is 11.4 Å². The molecule has 0 unspecified atom stereocenters. The number of Topliss-reactive ketones (excluding diaryl/α,β-unsaturated/α-hetero) is 1. The summed E-state index contributed by atoms with van der Waals surface area (Å²) in [5, 5.41) is 21.7. The molecule has 0 aliphatic heterocycles. The van der Waals surface area contributed by atoms with Gasteiger partial charge in [0.2, 0.25) is 5.43 Å². The minimum atomic E-state index is -1.31. The van der Waals surface area contributed by atoms with Crippen molar-refractivity contribution in [2.45, 2.75) is 53.0 Å². The second-order valence-electron chi connectivity index (χ2n) is 13.6. The van der Waals surface area contributed by atoms with Crippen molar-refractivity contribution in [3.05, 3.63) is 94.2 Å². The molecule has 300 valence electrons. The van der Waals surface area contributed by atoms with Crippen molar-refractivity contribution in [3.8, 4) is 23.0 Å². The Morgan fingerprint density at radius 2 is 1.28 bits per heavy atom. The van der Waals surface area contributed by atoms with E-state index in [1.165, 1.54) is 49.3 Å². The highest BCUT2D eigenvalue weighted by atomic mass is 16.5. The molecule has 5 N–H and O–H groups in total. The third-order valence-electron chi connectivity index (χ3n) is 8.44. The van der Waals surface area contributed by atoms with Gasteiger partial charge in [-0.25, -0.2) is 14.8 Å². The van der Waals surface area contributed by atoms with E-state index < -0.39 is 54.2 Å². The Hall–Kier alpha value is -6.91. The Kier molecular flexibility index (Phi) is 13.8. The predicted molar refractivity (Wildman–Crippen MR) is 206 cm³/mol. The Bertz CT molecular complexity index is 2180. The molecule has 17 nitrogen and oxygen atoms in total. The fourth-order valence-electron chi connectivity index (χ4n) is 5.58. The van der Waals surface area contributed by atoms with Gasteiger partial charge in [-0.05, 0) is 39.8 Å². The number of allylic oxidation sites excluding steroid dienone is 2. The number of imidazole rings is 2. The first-order valence-corrected chi connectivity index (χ1v) is 17.8. The van der Waals surface area contributed by atoms with Gasteiger partial charge in [-0.2, -0.15) is 0 Å². The highest BCUT2D eigenvalue weighted by molar-refractivity contribution is 5.97. The standard InChI is InChI=1S/C40H43N5O12/c1-22(2)5-7-53-28-12-31(55-18-27(46)10-24(39(49)50)9-25-16-41-20-43-25)36-33(14-28)57-34-15-29(54-8-6-23(3)4)13-32(37(34)38(36)48)56-19-35(47)45-30(40(51)52)11-26-17-42-21-44-26/h5-6,12-17,20-21,24,30H,7-11,18-19H2,1-4H3,(H,41,43)(H,42,44)(H,45,47)(H,49,50)(H,51,52)/t24-,30-/m0/s1. The summed E-state index contributed by atoms with van der Waals surface area (Å²) in [6.07, 6.45) is 8.99. The zero-order chi connectivity index (χ0) is 41.1. The number of nitrogens with zero attached hydrogens (tertiary/aromatic N) is 2. The van der Waals surface area contributed by atoms with Crippen LogP contribution in [0.1, 0.15) is 45.5 Å². The predicted octanol–water partition coefficient (Wildman–Crippen LogP) is 4.55. The lowest BCUT2D eigenvalue weighted by Gasteiger charge is -2.16. The third-order valence-corrected chi connectivity index (χ3v) is 8.44. The molecule has 5 rings (SSSR count). The number of ether oxygens (including phenoxy) is 4. The van der Waals surface area contributed by atoms with Crippen LogP contribution in [-0.4, -0.2) is 86.2 Å². The maximum absolute atomic E-state index is 14.5. The molecule has 0 saturated heterocycles. The normalized spacial score (nSPS) is 12.0. The number of ketones is 1. The number of hydrogen-bond acceptors (Lipinski definition) is 12. The number of H-pyrrole nitrogens is 2. The number of hydrogen-bond donors (Lipinski definition) is 5. The van der Waals surface area contributed by atoms with E-state index in [0.717, 1.165) is 11.1 Å². The molecule has 0 aliphatic rings. The monoisotopic (exact) mass is 785 g/mol. The molecule has 0 radical (unpaired) electrons. The number of amides is 1. The van der Waals surface area contributed by atoms with E-state index >= 15 is 0 Å². The van der Waals surface area contributed by atoms with Gasteiger partial charge in [0.1, 0.15) is 70.8 Å². The van der Waals surface area contributed by atoms with E-state index in [2.05, 4.69) is 25.3 Å². The molecule has 2 aromatic carbocycles. The summed E-state index contributed by atoms with van der Waals surface area (Å²) in [6.45, 7) is 6.67. The molecule has 0 bridgehead atoms. The summed E-state index contributed by atoms with van der Waals surface area (Å²) in [5.74, 6) is -4.56. The smallest absolute Gasteiger partial charge is 0.326 e. The summed E-state index contributed by atoms with van der Waals surface area (Å²) >= 11 is 0. The molecule has 57 heavy (non-hydrogen) atoms. The number of rotatable bonds is 21. The SMILES string of the molecule is CC(C)=CCOc1cc(OCC(=O)C[C@H](Cc2cnc[nH]2)C(=O)O)c2c(=O)c3c(OCC(=O)N[C@@H](Cc4cnc[nH]4)C(=O)O)cc(OCC=C(C)C)cc3oc2c1. The van der Waals surface area contributed by atoms with Crippen molar-refractivity contribution in [1.29, 1.82) is 0 Å². The highest BCUT2D eigenvalue weighted by Crippen LogP contribution is 2.36. The van der Waals surface area contributed by atoms with Crippen LogP contribution in [-0.2, 0) is 32.0 Å². The molecule has 0 spiro atoms. The summed E-state index contributed by atoms with van der Waals surface area (Å²) in [7, 11) is 0. The van der Waals surface area contributed by atoms with Crippen LogP contribution in [0.4, 0.5) is 0 Å². The lowest BCUT2D eigenvalue weighted by molar-refractivity contribution is -0.144. The van der Waals surface area contributed by atoms with Crippen molar-refractivity contribution < 1.29 is 52.8 Å². The van der Waals surface area contributed by atoms with E-state index in [1.54, 1.807) is 0 Å². The average Bonchev–Trinajstić information content (AvgIpc) is 3.87. The maximum atomic E-state index is 14.5. The molecule has 3 aromatic heterocycles. The lowest BCUT2D eigenvalue weighted by atomic mass is 9.97. The highest BCUT2D eigenvalue weighted by Gasteiger charge is 2.25. The minimum Gasteiger partial charge on any atom is -0.489 e. The summed E-state index contributed by atoms with van der Waals surface area (Å²) in [6, 6.07) is 4.50. The van der Waals surface area contributed by atoms with Gasteiger partial charge in [-0.1, -0.05) is 11.1 Å². The first-order chi connectivity index (χ1) is 27.3. The molecular weight excluding hydrogens is 742 g/mol. The van der Waals surface area contributed by atoms with Gasteiger partial charge in [0.25, 0.3) is 5.91 Å². The number of nitrogens with one attached hydrogen (secondary N) is 3. The molecular formula is C40H43N5O12. The Labute approximate surface area is 325 Å². The van der Waals surface area contributed by atoms with E-state index in [9.17, 15) is 34.2 Å². The molecule has 17 heteroatoms. The number of carboxylic acids is 2. The average molecular weight is 786 g/mol. The number of fused-ring (bicyclic) bond motifs is 2. The Morgan fingerprint density at radius 1 is 0.754 bits per heavy atom. The van der Waals surface area contributed by atoms with Gasteiger partial charge in [0.05, 0.1) is 18.6 Å².